The van der Waals surface area contributed by atoms with E-state index >= 15 is 0 Å². The summed E-state index contributed by atoms with van der Waals surface area (Å²) in [6, 6.07) is 4.09. The summed E-state index contributed by atoms with van der Waals surface area (Å²) >= 11 is 5.54. The highest BCUT2D eigenvalue weighted by Gasteiger charge is 2.06. The lowest BCUT2D eigenvalue weighted by Crippen LogP contribution is -2.20. The first-order valence-electron chi connectivity index (χ1n) is 3.55. The van der Waals surface area contributed by atoms with Gasteiger partial charge in [0.15, 0.2) is 0 Å². The third-order valence-electron chi connectivity index (χ3n) is 1.63. The van der Waals surface area contributed by atoms with Crippen molar-refractivity contribution in [1.82, 2.24) is 0 Å². The van der Waals surface area contributed by atoms with Gasteiger partial charge >= 0.3 is 0 Å². The van der Waals surface area contributed by atoms with Crippen molar-refractivity contribution in [2.24, 2.45) is 11.5 Å². The SMILES string of the molecule is NC[C@H](N)c1ccc(F)c(Cl)c1. The molecule has 1 rings (SSSR count). The minimum atomic E-state index is -0.440. The third-order valence-corrected chi connectivity index (χ3v) is 1.92. The van der Waals surface area contributed by atoms with E-state index in [-0.39, 0.29) is 11.1 Å². The maximum Gasteiger partial charge on any atom is 0.141 e. The van der Waals surface area contributed by atoms with E-state index in [0.29, 0.717) is 6.54 Å². The number of hydrogen-bond acceptors (Lipinski definition) is 2. The maximum absolute atomic E-state index is 12.7. The van der Waals surface area contributed by atoms with Gasteiger partial charge in [0, 0.05) is 12.6 Å². The molecule has 4 N–H and O–H groups in total. The third kappa shape index (κ3) is 1.94. The molecule has 0 amide bonds. The fraction of sp³-hybridized carbons (Fsp3) is 0.250. The van der Waals surface area contributed by atoms with Crippen molar-refractivity contribution in [3.05, 3.63) is 34.6 Å². The molecule has 0 aromatic heterocycles. The van der Waals surface area contributed by atoms with Gasteiger partial charge in [-0.1, -0.05) is 17.7 Å². The van der Waals surface area contributed by atoms with Crippen molar-refractivity contribution >= 4 is 11.6 Å². The highest BCUT2D eigenvalue weighted by molar-refractivity contribution is 6.30. The molecule has 0 aliphatic carbocycles. The summed E-state index contributed by atoms with van der Waals surface area (Å²) in [6.45, 7) is 0.321. The molecular formula is C8H10ClFN2. The second-order valence-electron chi connectivity index (χ2n) is 2.52. The highest BCUT2D eigenvalue weighted by Crippen LogP contribution is 2.18. The molecule has 0 unspecified atom stereocenters. The maximum atomic E-state index is 12.7. The molecule has 2 nitrogen and oxygen atoms in total. The van der Waals surface area contributed by atoms with E-state index in [1.807, 2.05) is 0 Å². The van der Waals surface area contributed by atoms with Crippen molar-refractivity contribution in [1.29, 1.82) is 0 Å². The lowest BCUT2D eigenvalue weighted by atomic mass is 10.1. The normalized spacial score (nSPS) is 13.0. The summed E-state index contributed by atoms with van der Waals surface area (Å²) in [5, 5.41) is 0.0800. The number of halogens is 2. The van der Waals surface area contributed by atoms with Crippen LogP contribution in [-0.4, -0.2) is 6.54 Å². The largest absolute Gasteiger partial charge is 0.329 e. The van der Waals surface area contributed by atoms with Crippen LogP contribution in [0.5, 0.6) is 0 Å². The lowest BCUT2D eigenvalue weighted by molar-refractivity contribution is 0.625. The minimum absolute atomic E-state index is 0.0800. The van der Waals surface area contributed by atoms with Crippen LogP contribution in [0.3, 0.4) is 0 Å². The molecule has 0 heterocycles. The summed E-state index contributed by atoms with van der Waals surface area (Å²) < 4.78 is 12.7. The molecule has 0 aliphatic heterocycles. The van der Waals surface area contributed by atoms with Gasteiger partial charge in [-0.25, -0.2) is 4.39 Å². The molecule has 0 bridgehead atoms. The van der Waals surface area contributed by atoms with Gasteiger partial charge in [0.1, 0.15) is 5.82 Å². The van der Waals surface area contributed by atoms with Crippen LogP contribution in [0.25, 0.3) is 0 Å². The molecule has 12 heavy (non-hydrogen) atoms. The molecule has 0 fully saturated rings. The average Bonchev–Trinajstić information content (AvgIpc) is 2.08. The van der Waals surface area contributed by atoms with E-state index in [4.69, 9.17) is 23.1 Å². The zero-order valence-corrected chi connectivity index (χ0v) is 7.18. The van der Waals surface area contributed by atoms with Gasteiger partial charge in [0.2, 0.25) is 0 Å². The van der Waals surface area contributed by atoms with Crippen molar-refractivity contribution in [3.8, 4) is 0 Å². The fourth-order valence-electron chi connectivity index (χ4n) is 0.879. The molecule has 0 spiro atoms. The van der Waals surface area contributed by atoms with Crippen LogP contribution in [0.15, 0.2) is 18.2 Å². The van der Waals surface area contributed by atoms with Crippen LogP contribution in [0.2, 0.25) is 5.02 Å². The summed E-state index contributed by atoms with van der Waals surface area (Å²) in [6.07, 6.45) is 0. The van der Waals surface area contributed by atoms with Gasteiger partial charge in [-0.2, -0.15) is 0 Å². The Morgan fingerprint density at radius 1 is 1.50 bits per heavy atom. The van der Waals surface area contributed by atoms with Crippen LogP contribution in [-0.2, 0) is 0 Å². The Hall–Kier alpha value is -0.640. The summed E-state index contributed by atoms with van der Waals surface area (Å²) in [4.78, 5) is 0. The van der Waals surface area contributed by atoms with Crippen LogP contribution >= 0.6 is 11.6 Å². The highest BCUT2D eigenvalue weighted by atomic mass is 35.5. The number of nitrogens with two attached hydrogens (primary N) is 2. The minimum Gasteiger partial charge on any atom is -0.329 e. The summed E-state index contributed by atoms with van der Waals surface area (Å²) in [5.41, 5.74) is 11.7. The van der Waals surface area contributed by atoms with Gasteiger partial charge in [-0.15, -0.1) is 0 Å². The summed E-state index contributed by atoms with van der Waals surface area (Å²) in [5.74, 6) is -0.440. The predicted octanol–water partition coefficient (Wildman–Crippen LogP) is 1.44. The first-order valence-corrected chi connectivity index (χ1v) is 3.93. The van der Waals surface area contributed by atoms with Crippen LogP contribution in [0.1, 0.15) is 11.6 Å². The molecule has 0 saturated heterocycles. The molecular weight excluding hydrogens is 179 g/mol. The number of hydrogen-bond donors (Lipinski definition) is 2. The second kappa shape index (κ2) is 3.85. The average molecular weight is 189 g/mol. The van der Waals surface area contributed by atoms with E-state index in [2.05, 4.69) is 0 Å². The Bertz CT molecular complexity index is 278. The Labute approximate surface area is 75.3 Å². The number of benzene rings is 1. The van der Waals surface area contributed by atoms with Crippen LogP contribution in [0.4, 0.5) is 4.39 Å². The molecule has 1 aromatic carbocycles. The molecule has 0 saturated carbocycles. The fourth-order valence-corrected chi connectivity index (χ4v) is 1.07. The smallest absolute Gasteiger partial charge is 0.141 e. The molecule has 66 valence electrons. The molecule has 0 radical (unpaired) electrons. The summed E-state index contributed by atoms with van der Waals surface area (Å²) in [7, 11) is 0. The lowest BCUT2D eigenvalue weighted by Gasteiger charge is -2.08. The van der Waals surface area contributed by atoms with Crippen molar-refractivity contribution in [2.75, 3.05) is 6.54 Å². The van der Waals surface area contributed by atoms with Gasteiger partial charge in [0.05, 0.1) is 5.02 Å². The van der Waals surface area contributed by atoms with Crippen molar-refractivity contribution < 1.29 is 4.39 Å². The van der Waals surface area contributed by atoms with E-state index in [0.717, 1.165) is 5.56 Å². The zero-order chi connectivity index (χ0) is 9.14. The van der Waals surface area contributed by atoms with Crippen LogP contribution in [0, 0.1) is 5.82 Å². The van der Waals surface area contributed by atoms with Gasteiger partial charge < -0.3 is 11.5 Å². The van der Waals surface area contributed by atoms with E-state index < -0.39 is 5.82 Å². The first kappa shape index (κ1) is 9.45. The van der Waals surface area contributed by atoms with Gasteiger partial charge in [-0.3, -0.25) is 0 Å². The zero-order valence-electron chi connectivity index (χ0n) is 6.43. The van der Waals surface area contributed by atoms with Crippen LogP contribution < -0.4 is 11.5 Å². The standard InChI is InChI=1S/C8H10ClFN2/c9-6-3-5(8(12)4-11)1-2-7(6)10/h1-3,8H,4,11-12H2/t8-/m0/s1. The topological polar surface area (TPSA) is 52.0 Å². The second-order valence-corrected chi connectivity index (χ2v) is 2.92. The molecule has 0 aliphatic rings. The van der Waals surface area contributed by atoms with E-state index in [1.54, 1.807) is 6.07 Å². The Morgan fingerprint density at radius 2 is 2.17 bits per heavy atom. The van der Waals surface area contributed by atoms with Crippen molar-refractivity contribution in [3.63, 3.8) is 0 Å². The Morgan fingerprint density at radius 3 is 2.67 bits per heavy atom. The molecule has 1 atom stereocenters. The van der Waals surface area contributed by atoms with Crippen molar-refractivity contribution in [2.45, 2.75) is 6.04 Å². The van der Waals surface area contributed by atoms with Gasteiger partial charge in [0.25, 0.3) is 0 Å². The Kier molecular flexibility index (Phi) is 3.03. The van der Waals surface area contributed by atoms with Gasteiger partial charge in [-0.05, 0) is 17.7 Å². The first-order chi connectivity index (χ1) is 5.65. The van der Waals surface area contributed by atoms with E-state index in [1.165, 1.54) is 12.1 Å². The molecule has 4 heteroatoms. The quantitative estimate of drug-likeness (QED) is 0.738. The Balaban J connectivity index is 2.96. The monoisotopic (exact) mass is 188 g/mol. The predicted molar refractivity (Wildman–Crippen MR) is 47.4 cm³/mol. The number of rotatable bonds is 2. The van der Waals surface area contributed by atoms with E-state index in [9.17, 15) is 4.39 Å². The molecule has 1 aromatic rings.